The average Bonchev–Trinajstić information content (AvgIpc) is 3.25. The maximum Gasteiger partial charge on any atom is 0.0595 e. The van der Waals surface area contributed by atoms with E-state index in [0.29, 0.717) is 21.9 Å². The van der Waals surface area contributed by atoms with E-state index < -0.39 is 0 Å². The molecule has 1 heterocycles. The highest BCUT2D eigenvalue weighted by molar-refractivity contribution is 7.98. The first kappa shape index (κ1) is 19.1. The minimum Gasteiger partial charge on any atom is -0.378 e. The van der Waals surface area contributed by atoms with E-state index in [9.17, 15) is 0 Å². The minimum absolute atomic E-state index is 0.238. The number of halogens is 2. The molecule has 3 aromatic rings. The van der Waals surface area contributed by atoms with Crippen LogP contribution in [0.4, 0.5) is 5.69 Å². The lowest BCUT2D eigenvalue weighted by atomic mass is 9.76. The number of allylic oxidation sites excluding steroid dienone is 2. The number of nitrogens with one attached hydrogen (secondary N) is 1. The van der Waals surface area contributed by atoms with Gasteiger partial charge < -0.3 is 5.32 Å². The van der Waals surface area contributed by atoms with Crippen LogP contribution in [0.25, 0.3) is 0 Å². The van der Waals surface area contributed by atoms with E-state index in [0.717, 1.165) is 12.2 Å². The van der Waals surface area contributed by atoms with Gasteiger partial charge in [0.05, 0.1) is 16.1 Å². The van der Waals surface area contributed by atoms with Gasteiger partial charge in [0.1, 0.15) is 0 Å². The fourth-order valence-corrected chi connectivity index (χ4v) is 5.62. The SMILES string of the molecule is Clc1ccc([C@@H]2Nc3ccc(CSc4ccccc4)cc3[C@H]3C=CC[C@H]32)cc1Cl. The first-order chi connectivity index (χ1) is 14.2. The van der Waals surface area contributed by atoms with Crippen LogP contribution in [-0.4, -0.2) is 0 Å². The first-order valence-corrected chi connectivity index (χ1v) is 11.6. The Morgan fingerprint density at radius 3 is 2.62 bits per heavy atom. The van der Waals surface area contributed by atoms with Crippen molar-refractivity contribution in [2.75, 3.05) is 5.32 Å². The Kier molecular flexibility index (Phi) is 5.34. The van der Waals surface area contributed by atoms with Crippen molar-refractivity contribution in [1.82, 2.24) is 0 Å². The van der Waals surface area contributed by atoms with Crippen molar-refractivity contribution in [2.45, 2.75) is 29.0 Å². The van der Waals surface area contributed by atoms with E-state index in [4.69, 9.17) is 23.2 Å². The summed E-state index contributed by atoms with van der Waals surface area (Å²) in [5, 5.41) is 5.01. The van der Waals surface area contributed by atoms with E-state index in [1.54, 1.807) is 0 Å². The standard InChI is InChI=1S/C25H21Cl2NS/c26-22-11-10-17(14-23(22)27)25-20-8-4-7-19(20)21-13-16(9-12-24(21)28-25)15-29-18-5-2-1-3-6-18/h1-7,9-14,19-20,25,28H,8,15H2/t19-,20+,25-/m0/s1. The van der Waals surface area contributed by atoms with Crippen LogP contribution in [0.2, 0.25) is 10.0 Å². The molecule has 0 amide bonds. The van der Waals surface area contributed by atoms with Crippen LogP contribution in [0.5, 0.6) is 0 Å². The van der Waals surface area contributed by atoms with Gasteiger partial charge in [-0.3, -0.25) is 0 Å². The monoisotopic (exact) mass is 437 g/mol. The first-order valence-electron chi connectivity index (χ1n) is 9.88. The zero-order valence-electron chi connectivity index (χ0n) is 15.8. The molecule has 146 valence electrons. The third kappa shape index (κ3) is 3.82. The van der Waals surface area contributed by atoms with Gasteiger partial charge in [-0.15, -0.1) is 11.8 Å². The van der Waals surface area contributed by atoms with Gasteiger partial charge in [-0.25, -0.2) is 0 Å². The number of hydrogen-bond donors (Lipinski definition) is 1. The number of anilines is 1. The van der Waals surface area contributed by atoms with Crippen LogP contribution in [0.15, 0.2) is 83.8 Å². The number of hydrogen-bond acceptors (Lipinski definition) is 2. The summed E-state index contributed by atoms with van der Waals surface area (Å²) in [4.78, 5) is 1.31. The van der Waals surface area contributed by atoms with Crippen molar-refractivity contribution in [3.8, 4) is 0 Å². The Morgan fingerprint density at radius 2 is 1.79 bits per heavy atom. The third-order valence-electron chi connectivity index (χ3n) is 5.88. The van der Waals surface area contributed by atoms with Crippen LogP contribution in [0.3, 0.4) is 0 Å². The fraction of sp³-hybridized carbons (Fsp3) is 0.200. The van der Waals surface area contributed by atoms with Crippen molar-refractivity contribution in [3.63, 3.8) is 0 Å². The normalized spacial score (nSPS) is 22.1. The van der Waals surface area contributed by atoms with Crippen LogP contribution in [0, 0.1) is 5.92 Å². The Hall–Kier alpha value is -1.87. The Morgan fingerprint density at radius 1 is 0.931 bits per heavy atom. The molecule has 1 nitrogen and oxygen atoms in total. The van der Waals surface area contributed by atoms with Crippen molar-refractivity contribution >= 4 is 40.7 Å². The lowest BCUT2D eigenvalue weighted by Crippen LogP contribution is -2.29. The number of thioether (sulfide) groups is 1. The molecule has 0 bridgehead atoms. The predicted octanol–water partition coefficient (Wildman–Crippen LogP) is 8.11. The van der Waals surface area contributed by atoms with Gasteiger partial charge in [0, 0.05) is 22.3 Å². The van der Waals surface area contributed by atoms with Gasteiger partial charge in [-0.1, -0.05) is 71.8 Å². The molecule has 2 aliphatic rings. The van der Waals surface area contributed by atoms with Gasteiger partial charge in [0.25, 0.3) is 0 Å². The van der Waals surface area contributed by atoms with Crippen LogP contribution in [-0.2, 0) is 5.75 Å². The second kappa shape index (κ2) is 8.10. The molecule has 0 saturated heterocycles. The van der Waals surface area contributed by atoms with Gasteiger partial charge >= 0.3 is 0 Å². The van der Waals surface area contributed by atoms with E-state index in [2.05, 4.69) is 72.1 Å². The highest BCUT2D eigenvalue weighted by Crippen LogP contribution is 2.50. The van der Waals surface area contributed by atoms with E-state index in [-0.39, 0.29) is 6.04 Å². The summed E-state index contributed by atoms with van der Waals surface area (Å²) in [7, 11) is 0. The van der Waals surface area contributed by atoms with Gasteiger partial charge in [-0.2, -0.15) is 0 Å². The fourth-order valence-electron chi connectivity index (χ4n) is 4.45. The molecule has 0 saturated carbocycles. The number of rotatable bonds is 4. The number of fused-ring (bicyclic) bond motifs is 3. The topological polar surface area (TPSA) is 12.0 Å². The maximum atomic E-state index is 6.30. The molecule has 3 aromatic carbocycles. The van der Waals surface area contributed by atoms with Crippen LogP contribution in [0.1, 0.15) is 35.1 Å². The van der Waals surface area contributed by atoms with Gasteiger partial charge in [0.15, 0.2) is 0 Å². The summed E-state index contributed by atoms with van der Waals surface area (Å²) in [6.07, 6.45) is 5.77. The maximum absolute atomic E-state index is 6.30. The molecule has 3 atom stereocenters. The van der Waals surface area contributed by atoms with E-state index in [1.807, 2.05) is 23.9 Å². The summed E-state index contributed by atoms with van der Waals surface area (Å²) < 4.78 is 0. The van der Waals surface area contributed by atoms with Crippen LogP contribution >= 0.6 is 35.0 Å². The predicted molar refractivity (Wildman–Crippen MR) is 125 cm³/mol. The summed E-state index contributed by atoms with van der Waals surface area (Å²) in [6, 6.07) is 23.7. The third-order valence-corrected chi connectivity index (χ3v) is 7.70. The van der Waals surface area contributed by atoms with Crippen LogP contribution < -0.4 is 5.32 Å². The average molecular weight is 438 g/mol. The molecule has 29 heavy (non-hydrogen) atoms. The second-order valence-electron chi connectivity index (χ2n) is 7.67. The summed E-state index contributed by atoms with van der Waals surface area (Å²) >= 11 is 14.3. The minimum atomic E-state index is 0.238. The lowest BCUT2D eigenvalue weighted by molar-refractivity contribution is 0.425. The Balaban J connectivity index is 1.42. The Labute approximate surface area is 186 Å². The van der Waals surface area contributed by atoms with E-state index >= 15 is 0 Å². The molecule has 1 N–H and O–H groups in total. The molecule has 0 fully saturated rings. The lowest BCUT2D eigenvalue weighted by Gasteiger charge is -2.38. The molecular weight excluding hydrogens is 417 g/mol. The Bertz CT molecular complexity index is 1060. The zero-order chi connectivity index (χ0) is 19.8. The molecule has 0 radical (unpaired) electrons. The van der Waals surface area contributed by atoms with E-state index in [1.165, 1.54) is 27.3 Å². The largest absolute Gasteiger partial charge is 0.378 e. The molecule has 5 rings (SSSR count). The molecule has 1 aliphatic carbocycles. The highest BCUT2D eigenvalue weighted by Gasteiger charge is 2.38. The summed E-state index contributed by atoms with van der Waals surface area (Å²) in [6.45, 7) is 0. The quantitative estimate of drug-likeness (QED) is 0.326. The molecule has 0 unspecified atom stereocenters. The van der Waals surface area contributed by atoms with Gasteiger partial charge in [0.2, 0.25) is 0 Å². The molecule has 0 spiro atoms. The second-order valence-corrected chi connectivity index (χ2v) is 9.54. The number of benzene rings is 3. The summed E-state index contributed by atoms with van der Waals surface area (Å²) in [5.74, 6) is 1.92. The smallest absolute Gasteiger partial charge is 0.0595 e. The molecule has 4 heteroatoms. The van der Waals surface area contributed by atoms with Crippen molar-refractivity contribution in [2.24, 2.45) is 5.92 Å². The highest BCUT2D eigenvalue weighted by atomic mass is 35.5. The van der Waals surface area contributed by atoms with Crippen molar-refractivity contribution in [3.05, 3.63) is 106 Å². The molecule has 0 aromatic heterocycles. The molecular formula is C25H21Cl2NS. The van der Waals surface area contributed by atoms with Gasteiger partial charge in [-0.05, 0) is 59.4 Å². The zero-order valence-corrected chi connectivity index (χ0v) is 18.1. The van der Waals surface area contributed by atoms with Crippen molar-refractivity contribution in [1.29, 1.82) is 0 Å². The van der Waals surface area contributed by atoms with Crippen molar-refractivity contribution < 1.29 is 0 Å². The summed E-state index contributed by atoms with van der Waals surface area (Å²) in [5.41, 5.74) is 5.20. The molecule has 1 aliphatic heterocycles.